The SMILES string of the molecule is CCCN(CCN(C)C)c1ncc(C(C)N)s1. The van der Waals surface area contributed by atoms with Crippen LogP contribution in [-0.2, 0) is 0 Å². The van der Waals surface area contributed by atoms with E-state index in [0.717, 1.165) is 36.1 Å². The molecule has 0 fully saturated rings. The number of anilines is 1. The Morgan fingerprint density at radius 2 is 2.06 bits per heavy atom. The molecule has 2 N–H and O–H groups in total. The van der Waals surface area contributed by atoms with Crippen LogP contribution in [0.2, 0.25) is 0 Å². The van der Waals surface area contributed by atoms with Gasteiger partial charge in [0.15, 0.2) is 5.13 Å². The number of aromatic nitrogens is 1. The van der Waals surface area contributed by atoms with Crippen LogP contribution in [0, 0.1) is 0 Å². The molecule has 0 radical (unpaired) electrons. The number of thiazole rings is 1. The second-order valence-corrected chi connectivity index (χ2v) is 5.66. The monoisotopic (exact) mass is 256 g/mol. The van der Waals surface area contributed by atoms with E-state index in [2.05, 4.69) is 35.8 Å². The van der Waals surface area contributed by atoms with Crippen molar-refractivity contribution in [3.05, 3.63) is 11.1 Å². The molecular weight excluding hydrogens is 232 g/mol. The van der Waals surface area contributed by atoms with E-state index in [0.29, 0.717) is 0 Å². The molecule has 5 heteroatoms. The van der Waals surface area contributed by atoms with Gasteiger partial charge in [0.25, 0.3) is 0 Å². The zero-order valence-corrected chi connectivity index (χ0v) is 12.1. The summed E-state index contributed by atoms with van der Waals surface area (Å²) in [5.41, 5.74) is 5.87. The molecule has 1 heterocycles. The highest BCUT2D eigenvalue weighted by atomic mass is 32.1. The molecule has 0 amide bonds. The fourth-order valence-electron chi connectivity index (χ4n) is 1.53. The van der Waals surface area contributed by atoms with E-state index in [-0.39, 0.29) is 6.04 Å². The Morgan fingerprint density at radius 3 is 2.53 bits per heavy atom. The van der Waals surface area contributed by atoms with Gasteiger partial charge in [0.2, 0.25) is 0 Å². The van der Waals surface area contributed by atoms with Gasteiger partial charge in [-0.05, 0) is 27.4 Å². The topological polar surface area (TPSA) is 45.4 Å². The molecule has 0 bridgehead atoms. The third-order valence-electron chi connectivity index (χ3n) is 2.54. The van der Waals surface area contributed by atoms with Crippen LogP contribution in [0.25, 0.3) is 0 Å². The van der Waals surface area contributed by atoms with Gasteiger partial charge >= 0.3 is 0 Å². The summed E-state index contributed by atoms with van der Waals surface area (Å²) in [6, 6.07) is 0.0820. The summed E-state index contributed by atoms with van der Waals surface area (Å²) in [5, 5.41) is 1.10. The van der Waals surface area contributed by atoms with Gasteiger partial charge in [-0.3, -0.25) is 0 Å². The first-order valence-corrected chi connectivity index (χ1v) is 6.97. The molecule has 1 atom stereocenters. The summed E-state index contributed by atoms with van der Waals surface area (Å²) in [6.45, 7) is 7.32. The van der Waals surface area contributed by atoms with Gasteiger partial charge in [-0.1, -0.05) is 6.92 Å². The van der Waals surface area contributed by atoms with Gasteiger partial charge in [-0.25, -0.2) is 4.98 Å². The first-order valence-electron chi connectivity index (χ1n) is 6.15. The molecule has 0 saturated carbocycles. The van der Waals surface area contributed by atoms with Crippen LogP contribution in [0.3, 0.4) is 0 Å². The molecule has 1 aromatic heterocycles. The maximum absolute atomic E-state index is 5.87. The molecule has 0 saturated heterocycles. The van der Waals surface area contributed by atoms with E-state index in [9.17, 15) is 0 Å². The second kappa shape index (κ2) is 6.93. The Labute approximate surface area is 108 Å². The van der Waals surface area contributed by atoms with Crippen LogP contribution >= 0.6 is 11.3 Å². The van der Waals surface area contributed by atoms with E-state index < -0.39 is 0 Å². The smallest absolute Gasteiger partial charge is 0.185 e. The Morgan fingerprint density at radius 1 is 1.35 bits per heavy atom. The molecule has 1 rings (SSSR count). The molecule has 98 valence electrons. The van der Waals surface area contributed by atoms with Crippen molar-refractivity contribution in [3.8, 4) is 0 Å². The van der Waals surface area contributed by atoms with Gasteiger partial charge in [0, 0.05) is 36.8 Å². The van der Waals surface area contributed by atoms with E-state index in [4.69, 9.17) is 5.73 Å². The zero-order chi connectivity index (χ0) is 12.8. The van der Waals surface area contributed by atoms with Gasteiger partial charge in [-0.2, -0.15) is 0 Å². The van der Waals surface area contributed by atoms with Crippen molar-refractivity contribution < 1.29 is 0 Å². The maximum Gasteiger partial charge on any atom is 0.185 e. The lowest BCUT2D eigenvalue weighted by atomic mass is 10.3. The molecule has 0 aliphatic rings. The third-order valence-corrected chi connectivity index (χ3v) is 3.80. The van der Waals surface area contributed by atoms with Gasteiger partial charge in [0.05, 0.1) is 0 Å². The largest absolute Gasteiger partial charge is 0.347 e. The molecular formula is C12H24N4S. The van der Waals surface area contributed by atoms with Crippen LogP contribution in [0.5, 0.6) is 0 Å². The van der Waals surface area contributed by atoms with Crippen molar-refractivity contribution in [2.24, 2.45) is 5.73 Å². The lowest BCUT2D eigenvalue weighted by Crippen LogP contribution is -2.32. The summed E-state index contributed by atoms with van der Waals surface area (Å²) < 4.78 is 0. The average Bonchev–Trinajstić information content (AvgIpc) is 2.73. The summed E-state index contributed by atoms with van der Waals surface area (Å²) >= 11 is 1.71. The number of nitrogens with two attached hydrogens (primary N) is 1. The highest BCUT2D eigenvalue weighted by Gasteiger charge is 2.12. The zero-order valence-electron chi connectivity index (χ0n) is 11.3. The Bertz CT molecular complexity index is 322. The minimum absolute atomic E-state index is 0.0820. The molecule has 0 spiro atoms. The Hall–Kier alpha value is -0.650. The number of nitrogens with zero attached hydrogens (tertiary/aromatic N) is 3. The maximum atomic E-state index is 5.87. The van der Waals surface area contributed by atoms with Crippen LogP contribution in [0.1, 0.15) is 31.2 Å². The molecule has 4 nitrogen and oxygen atoms in total. The summed E-state index contributed by atoms with van der Waals surface area (Å²) in [7, 11) is 4.19. The van der Waals surface area contributed by atoms with Crippen molar-refractivity contribution >= 4 is 16.5 Å². The second-order valence-electron chi connectivity index (χ2n) is 4.62. The standard InChI is InChI=1S/C12H24N4S/c1-5-6-16(8-7-15(3)4)12-14-9-11(17-12)10(2)13/h9-10H,5-8,13H2,1-4H3. The van der Waals surface area contributed by atoms with Gasteiger partial charge < -0.3 is 15.5 Å². The van der Waals surface area contributed by atoms with Crippen LogP contribution < -0.4 is 10.6 Å². The number of hydrogen-bond donors (Lipinski definition) is 1. The molecule has 0 aliphatic heterocycles. The Kier molecular flexibility index (Phi) is 5.88. The fourth-order valence-corrected chi connectivity index (χ4v) is 2.45. The summed E-state index contributed by atoms with van der Waals surface area (Å²) in [4.78, 5) is 10.2. The van der Waals surface area contributed by atoms with E-state index >= 15 is 0 Å². The molecule has 17 heavy (non-hydrogen) atoms. The lowest BCUT2D eigenvalue weighted by molar-refractivity contribution is 0.413. The predicted octanol–water partition coefficient (Wildman–Crippen LogP) is 1.94. The third kappa shape index (κ3) is 4.61. The highest BCUT2D eigenvalue weighted by Crippen LogP contribution is 2.26. The quantitative estimate of drug-likeness (QED) is 0.810. The van der Waals surface area contributed by atoms with Crippen molar-refractivity contribution in [3.63, 3.8) is 0 Å². The van der Waals surface area contributed by atoms with E-state index in [1.165, 1.54) is 0 Å². The van der Waals surface area contributed by atoms with Crippen molar-refractivity contribution in [2.75, 3.05) is 38.6 Å². The van der Waals surface area contributed by atoms with Crippen LogP contribution in [-0.4, -0.2) is 43.6 Å². The number of rotatable bonds is 7. The normalized spacial score (nSPS) is 13.1. The minimum atomic E-state index is 0.0820. The van der Waals surface area contributed by atoms with Crippen LogP contribution in [0.15, 0.2) is 6.20 Å². The molecule has 0 aromatic carbocycles. The fraction of sp³-hybridized carbons (Fsp3) is 0.750. The first-order chi connectivity index (χ1) is 8.04. The van der Waals surface area contributed by atoms with E-state index in [1.54, 1.807) is 11.3 Å². The first kappa shape index (κ1) is 14.4. The highest BCUT2D eigenvalue weighted by molar-refractivity contribution is 7.15. The van der Waals surface area contributed by atoms with Gasteiger partial charge in [-0.15, -0.1) is 11.3 Å². The summed E-state index contributed by atoms with van der Waals surface area (Å²) in [6.07, 6.45) is 3.05. The Balaban J connectivity index is 2.67. The summed E-state index contributed by atoms with van der Waals surface area (Å²) in [5.74, 6) is 0. The molecule has 0 aliphatic carbocycles. The number of hydrogen-bond acceptors (Lipinski definition) is 5. The predicted molar refractivity (Wildman–Crippen MR) is 75.8 cm³/mol. The van der Waals surface area contributed by atoms with E-state index in [1.807, 2.05) is 13.1 Å². The van der Waals surface area contributed by atoms with Gasteiger partial charge in [0.1, 0.15) is 0 Å². The van der Waals surface area contributed by atoms with Crippen molar-refractivity contribution in [2.45, 2.75) is 26.3 Å². The van der Waals surface area contributed by atoms with Crippen LogP contribution in [0.4, 0.5) is 5.13 Å². The average molecular weight is 256 g/mol. The number of likely N-dealkylation sites (N-methyl/N-ethyl adjacent to an activating group) is 1. The molecule has 1 unspecified atom stereocenters. The van der Waals surface area contributed by atoms with Crippen molar-refractivity contribution in [1.29, 1.82) is 0 Å². The minimum Gasteiger partial charge on any atom is -0.347 e. The van der Waals surface area contributed by atoms with Crippen molar-refractivity contribution in [1.82, 2.24) is 9.88 Å². The molecule has 1 aromatic rings. The lowest BCUT2D eigenvalue weighted by Gasteiger charge is -2.23.